The average Bonchev–Trinajstić information content (AvgIpc) is 2.40. The lowest BCUT2D eigenvalue weighted by atomic mass is 9.96. The molecule has 1 aromatic rings. The number of rotatable bonds is 7. The van der Waals surface area contributed by atoms with Gasteiger partial charge in [0.25, 0.3) is 0 Å². The first kappa shape index (κ1) is 14.4. The molecule has 0 aromatic carbocycles. The summed E-state index contributed by atoms with van der Waals surface area (Å²) in [6.45, 7) is 4.28. The largest absolute Gasteiger partial charge is 0.467 e. The number of ether oxygens (including phenoxy) is 2. The van der Waals surface area contributed by atoms with Gasteiger partial charge in [0.05, 0.1) is 19.6 Å². The maximum absolute atomic E-state index is 11.9. The summed E-state index contributed by atoms with van der Waals surface area (Å²) in [7, 11) is 1.51. The zero-order valence-corrected chi connectivity index (χ0v) is 11.2. The van der Waals surface area contributed by atoms with Crippen LogP contribution in [0.2, 0.25) is 0 Å². The molecule has 0 fully saturated rings. The molecule has 0 saturated carbocycles. The van der Waals surface area contributed by atoms with Crippen molar-refractivity contribution in [2.24, 2.45) is 0 Å². The molecular formula is C13H20N2O3. The lowest BCUT2D eigenvalue weighted by molar-refractivity contribution is -0.145. The number of esters is 1. The monoisotopic (exact) mass is 252 g/mol. The van der Waals surface area contributed by atoms with Gasteiger partial charge in [-0.05, 0) is 13.3 Å². The van der Waals surface area contributed by atoms with Crippen LogP contribution in [0.5, 0.6) is 6.01 Å². The van der Waals surface area contributed by atoms with Gasteiger partial charge in [-0.25, -0.2) is 9.97 Å². The third kappa shape index (κ3) is 3.98. The molecule has 100 valence electrons. The molecule has 0 aliphatic rings. The van der Waals surface area contributed by atoms with E-state index < -0.39 is 0 Å². The summed E-state index contributed by atoms with van der Waals surface area (Å²) in [6, 6.07) is 0.303. The van der Waals surface area contributed by atoms with Crippen LogP contribution in [-0.2, 0) is 9.53 Å². The average molecular weight is 252 g/mol. The van der Waals surface area contributed by atoms with Crippen LogP contribution in [0.3, 0.4) is 0 Å². The fourth-order valence-corrected chi connectivity index (χ4v) is 1.68. The molecule has 5 nitrogen and oxygen atoms in total. The van der Waals surface area contributed by atoms with E-state index in [2.05, 4.69) is 16.9 Å². The van der Waals surface area contributed by atoms with Crippen LogP contribution in [0.4, 0.5) is 0 Å². The lowest BCUT2D eigenvalue weighted by Crippen LogP contribution is -2.16. The second-order valence-corrected chi connectivity index (χ2v) is 3.95. The maximum Gasteiger partial charge on any atom is 0.316 e. The summed E-state index contributed by atoms with van der Waals surface area (Å²) in [5.41, 5.74) is 0.780. The molecule has 18 heavy (non-hydrogen) atoms. The Balaban J connectivity index is 2.82. The zero-order valence-electron chi connectivity index (χ0n) is 11.2. The van der Waals surface area contributed by atoms with E-state index in [0.29, 0.717) is 12.6 Å². The van der Waals surface area contributed by atoms with Crippen molar-refractivity contribution in [1.29, 1.82) is 0 Å². The molecular weight excluding hydrogens is 232 g/mol. The standard InChI is InChI=1S/C13H20N2O3/c1-4-6-7-11(12(16)18-5-2)10-8-14-13(17-3)15-9-10/h8-9,11H,4-7H2,1-3H3/t11-/m1/s1. The van der Waals surface area contributed by atoms with Crippen LogP contribution in [-0.4, -0.2) is 29.7 Å². The minimum atomic E-state index is -0.282. The third-order valence-corrected chi connectivity index (χ3v) is 2.65. The molecule has 0 N–H and O–H groups in total. The van der Waals surface area contributed by atoms with Crippen LogP contribution in [0.25, 0.3) is 0 Å². The van der Waals surface area contributed by atoms with E-state index in [-0.39, 0.29) is 11.9 Å². The number of methoxy groups -OCH3 is 1. The van der Waals surface area contributed by atoms with Crippen molar-refractivity contribution in [3.63, 3.8) is 0 Å². The van der Waals surface area contributed by atoms with Crippen LogP contribution >= 0.6 is 0 Å². The molecule has 1 heterocycles. The van der Waals surface area contributed by atoms with E-state index in [9.17, 15) is 4.79 Å². The Bertz CT molecular complexity index is 365. The molecule has 1 rings (SSSR count). The van der Waals surface area contributed by atoms with Gasteiger partial charge in [-0.2, -0.15) is 0 Å². The SMILES string of the molecule is CCCC[C@@H](C(=O)OCC)c1cnc(OC)nc1. The topological polar surface area (TPSA) is 61.3 Å². The van der Waals surface area contributed by atoms with Gasteiger partial charge < -0.3 is 9.47 Å². The summed E-state index contributed by atoms with van der Waals surface area (Å²) in [6.07, 6.45) is 6.01. The van der Waals surface area contributed by atoms with Crippen molar-refractivity contribution in [2.45, 2.75) is 39.0 Å². The molecule has 0 amide bonds. The number of aromatic nitrogens is 2. The molecule has 1 atom stereocenters. The Morgan fingerprint density at radius 3 is 2.50 bits per heavy atom. The van der Waals surface area contributed by atoms with E-state index in [1.807, 2.05) is 0 Å². The molecule has 1 aromatic heterocycles. The van der Waals surface area contributed by atoms with E-state index in [1.54, 1.807) is 19.3 Å². The Kier molecular flexibility index (Phi) is 6.11. The second-order valence-electron chi connectivity index (χ2n) is 3.95. The third-order valence-electron chi connectivity index (χ3n) is 2.65. The van der Waals surface area contributed by atoms with Crippen molar-refractivity contribution >= 4 is 5.97 Å². The molecule has 0 unspecified atom stereocenters. The van der Waals surface area contributed by atoms with Gasteiger partial charge in [0.2, 0.25) is 0 Å². The van der Waals surface area contributed by atoms with Gasteiger partial charge in [0, 0.05) is 18.0 Å². The highest BCUT2D eigenvalue weighted by molar-refractivity contribution is 5.77. The Hall–Kier alpha value is -1.65. The van der Waals surface area contributed by atoms with E-state index in [4.69, 9.17) is 9.47 Å². The first-order valence-corrected chi connectivity index (χ1v) is 6.25. The number of hydrogen-bond donors (Lipinski definition) is 0. The van der Waals surface area contributed by atoms with Crippen LogP contribution < -0.4 is 4.74 Å². The van der Waals surface area contributed by atoms with Gasteiger partial charge in [0.1, 0.15) is 0 Å². The minimum Gasteiger partial charge on any atom is -0.467 e. The number of unbranched alkanes of at least 4 members (excludes halogenated alkanes) is 1. The summed E-state index contributed by atoms with van der Waals surface area (Å²) >= 11 is 0. The van der Waals surface area contributed by atoms with E-state index >= 15 is 0 Å². The normalized spacial score (nSPS) is 11.9. The highest BCUT2D eigenvalue weighted by Gasteiger charge is 2.22. The van der Waals surface area contributed by atoms with Crippen molar-refractivity contribution in [3.8, 4) is 6.01 Å². The Morgan fingerprint density at radius 2 is 2.00 bits per heavy atom. The van der Waals surface area contributed by atoms with Gasteiger partial charge in [-0.3, -0.25) is 4.79 Å². The first-order chi connectivity index (χ1) is 8.72. The fraction of sp³-hybridized carbons (Fsp3) is 0.615. The first-order valence-electron chi connectivity index (χ1n) is 6.25. The summed E-state index contributed by atoms with van der Waals surface area (Å²) in [5.74, 6) is -0.490. The van der Waals surface area contributed by atoms with Crippen LogP contribution in [0.15, 0.2) is 12.4 Å². The minimum absolute atomic E-state index is 0.209. The maximum atomic E-state index is 11.9. The van der Waals surface area contributed by atoms with Crippen molar-refractivity contribution in [1.82, 2.24) is 9.97 Å². The highest BCUT2D eigenvalue weighted by Crippen LogP contribution is 2.23. The van der Waals surface area contributed by atoms with Crippen LogP contribution in [0, 0.1) is 0 Å². The van der Waals surface area contributed by atoms with E-state index in [0.717, 1.165) is 24.8 Å². The lowest BCUT2D eigenvalue weighted by Gasteiger charge is -2.14. The molecule has 0 bridgehead atoms. The molecule has 0 aliphatic carbocycles. The molecule has 0 radical (unpaired) electrons. The van der Waals surface area contributed by atoms with Crippen molar-refractivity contribution in [3.05, 3.63) is 18.0 Å². The molecule has 0 saturated heterocycles. The predicted octanol–water partition coefficient (Wildman–Crippen LogP) is 2.32. The molecule has 0 spiro atoms. The number of hydrogen-bond acceptors (Lipinski definition) is 5. The van der Waals surface area contributed by atoms with E-state index in [1.165, 1.54) is 7.11 Å². The fourth-order valence-electron chi connectivity index (χ4n) is 1.68. The van der Waals surface area contributed by atoms with Gasteiger partial charge in [-0.1, -0.05) is 19.8 Å². The quantitative estimate of drug-likeness (QED) is 0.697. The zero-order chi connectivity index (χ0) is 13.4. The van der Waals surface area contributed by atoms with Crippen LogP contribution in [0.1, 0.15) is 44.6 Å². The Morgan fingerprint density at radius 1 is 1.33 bits per heavy atom. The number of nitrogens with zero attached hydrogens (tertiary/aromatic N) is 2. The van der Waals surface area contributed by atoms with Crippen molar-refractivity contribution < 1.29 is 14.3 Å². The van der Waals surface area contributed by atoms with Gasteiger partial charge in [0.15, 0.2) is 0 Å². The number of carbonyl (C=O) groups excluding carboxylic acids is 1. The highest BCUT2D eigenvalue weighted by atomic mass is 16.5. The summed E-state index contributed by atoms with van der Waals surface area (Å²) < 4.78 is 9.99. The van der Waals surface area contributed by atoms with Gasteiger partial charge in [-0.15, -0.1) is 0 Å². The Labute approximate surface area is 108 Å². The molecule has 5 heteroatoms. The van der Waals surface area contributed by atoms with Crippen molar-refractivity contribution in [2.75, 3.05) is 13.7 Å². The predicted molar refractivity (Wildman–Crippen MR) is 67.5 cm³/mol. The van der Waals surface area contributed by atoms with Gasteiger partial charge >= 0.3 is 12.0 Å². The number of carbonyl (C=O) groups is 1. The summed E-state index contributed by atoms with van der Waals surface area (Å²) in [4.78, 5) is 20.0. The second kappa shape index (κ2) is 7.63. The summed E-state index contributed by atoms with van der Waals surface area (Å²) in [5, 5.41) is 0. The molecule has 0 aliphatic heterocycles. The smallest absolute Gasteiger partial charge is 0.316 e.